The summed E-state index contributed by atoms with van der Waals surface area (Å²) < 4.78 is 5.46. The summed E-state index contributed by atoms with van der Waals surface area (Å²) in [5.41, 5.74) is 3.59. The Bertz CT molecular complexity index is 782. The van der Waals surface area contributed by atoms with Gasteiger partial charge in [-0.2, -0.15) is 0 Å². The second-order valence-corrected chi connectivity index (χ2v) is 7.98. The average molecular weight is 394 g/mol. The van der Waals surface area contributed by atoms with Gasteiger partial charge in [0.1, 0.15) is 0 Å². The Hall–Kier alpha value is -2.53. The number of likely N-dealkylation sites (tertiary alicyclic amines) is 1. The summed E-state index contributed by atoms with van der Waals surface area (Å²) in [6.45, 7) is 5.37. The number of rotatable bonds is 6. The van der Waals surface area contributed by atoms with E-state index in [1.54, 1.807) is 0 Å². The van der Waals surface area contributed by atoms with Crippen molar-refractivity contribution in [2.75, 3.05) is 56.2 Å². The molecule has 5 heteroatoms. The molecule has 2 aliphatic rings. The van der Waals surface area contributed by atoms with E-state index in [1.807, 2.05) is 11.0 Å². The molecular formula is C24H31N3O2. The lowest BCUT2D eigenvalue weighted by atomic mass is 9.90. The fourth-order valence-electron chi connectivity index (χ4n) is 4.32. The zero-order chi connectivity index (χ0) is 19.9. The molecule has 0 unspecified atom stereocenters. The third-order valence-electron chi connectivity index (χ3n) is 6.02. The highest BCUT2D eigenvalue weighted by Gasteiger charge is 2.23. The van der Waals surface area contributed by atoms with E-state index in [4.69, 9.17) is 4.74 Å². The molecule has 0 atom stereocenters. The molecule has 29 heavy (non-hydrogen) atoms. The zero-order valence-electron chi connectivity index (χ0n) is 17.1. The molecule has 2 aromatic rings. The Kier molecular flexibility index (Phi) is 6.67. The molecule has 0 radical (unpaired) electrons. The lowest BCUT2D eigenvalue weighted by molar-refractivity contribution is -0.130. The Morgan fingerprint density at radius 1 is 0.931 bits per heavy atom. The molecule has 0 aromatic heterocycles. The molecule has 4 rings (SSSR count). The molecule has 0 spiro atoms. The van der Waals surface area contributed by atoms with E-state index in [-0.39, 0.29) is 5.91 Å². The van der Waals surface area contributed by atoms with Crippen LogP contribution >= 0.6 is 0 Å². The van der Waals surface area contributed by atoms with Crippen LogP contribution in [-0.2, 0) is 16.0 Å². The van der Waals surface area contributed by atoms with Gasteiger partial charge in [0.15, 0.2) is 0 Å². The number of carbonyl (C=O) groups is 1. The van der Waals surface area contributed by atoms with Gasteiger partial charge in [-0.1, -0.05) is 42.5 Å². The highest BCUT2D eigenvalue weighted by molar-refractivity contribution is 5.83. The smallest absolute Gasteiger partial charge is 0.241 e. The Morgan fingerprint density at radius 3 is 2.38 bits per heavy atom. The van der Waals surface area contributed by atoms with Crippen molar-refractivity contribution in [3.8, 4) is 0 Å². The summed E-state index contributed by atoms with van der Waals surface area (Å²) in [7, 11) is 0. The zero-order valence-corrected chi connectivity index (χ0v) is 17.1. The maximum absolute atomic E-state index is 12.8. The highest BCUT2D eigenvalue weighted by atomic mass is 16.5. The first-order chi connectivity index (χ1) is 14.3. The van der Waals surface area contributed by atoms with Crippen LogP contribution in [-0.4, -0.2) is 56.7 Å². The van der Waals surface area contributed by atoms with Gasteiger partial charge in [0.25, 0.3) is 0 Å². The third kappa shape index (κ3) is 5.30. The van der Waals surface area contributed by atoms with E-state index in [0.29, 0.717) is 12.5 Å². The first-order valence-electron chi connectivity index (χ1n) is 10.8. The van der Waals surface area contributed by atoms with Gasteiger partial charge in [0, 0.05) is 26.2 Å². The second-order valence-electron chi connectivity index (χ2n) is 7.98. The molecule has 2 fully saturated rings. The van der Waals surface area contributed by atoms with Crippen molar-refractivity contribution in [3.05, 3.63) is 60.2 Å². The van der Waals surface area contributed by atoms with Crippen LogP contribution in [0.25, 0.3) is 0 Å². The summed E-state index contributed by atoms with van der Waals surface area (Å²) in [6, 6.07) is 18.9. The number of piperidine rings is 1. The number of ether oxygens (including phenoxy) is 1. The fraction of sp³-hybridized carbons (Fsp3) is 0.458. The van der Waals surface area contributed by atoms with E-state index in [0.717, 1.165) is 70.0 Å². The molecule has 0 aliphatic carbocycles. The summed E-state index contributed by atoms with van der Waals surface area (Å²) in [5, 5.41) is 3.38. The molecule has 154 valence electrons. The Labute approximate surface area is 173 Å². The maximum atomic E-state index is 12.8. The van der Waals surface area contributed by atoms with E-state index in [2.05, 4.69) is 58.7 Å². The van der Waals surface area contributed by atoms with Crippen molar-refractivity contribution in [2.45, 2.75) is 19.3 Å². The molecular weight excluding hydrogens is 362 g/mol. The molecule has 2 aliphatic heterocycles. The number of nitrogens with one attached hydrogen (secondary N) is 1. The van der Waals surface area contributed by atoms with E-state index < -0.39 is 0 Å². The topological polar surface area (TPSA) is 44.8 Å². The largest absolute Gasteiger partial charge is 0.378 e. The van der Waals surface area contributed by atoms with Gasteiger partial charge < -0.3 is 19.9 Å². The van der Waals surface area contributed by atoms with Crippen LogP contribution in [0.3, 0.4) is 0 Å². The van der Waals surface area contributed by atoms with Gasteiger partial charge in [-0.15, -0.1) is 0 Å². The lowest BCUT2D eigenvalue weighted by Crippen LogP contribution is -2.42. The quantitative estimate of drug-likeness (QED) is 0.817. The number of hydrogen-bond donors (Lipinski definition) is 1. The Morgan fingerprint density at radius 2 is 1.62 bits per heavy atom. The number of para-hydroxylation sites is 2. The van der Waals surface area contributed by atoms with Crippen LogP contribution in [0, 0.1) is 5.92 Å². The van der Waals surface area contributed by atoms with Gasteiger partial charge in [0.2, 0.25) is 5.91 Å². The third-order valence-corrected chi connectivity index (χ3v) is 6.02. The minimum atomic E-state index is 0.194. The minimum absolute atomic E-state index is 0.194. The van der Waals surface area contributed by atoms with Crippen molar-refractivity contribution < 1.29 is 9.53 Å². The summed E-state index contributed by atoms with van der Waals surface area (Å²) >= 11 is 0. The minimum Gasteiger partial charge on any atom is -0.378 e. The number of amides is 1. The predicted molar refractivity (Wildman–Crippen MR) is 117 cm³/mol. The SMILES string of the molecule is O=C(CNc1ccccc1N1CCOCC1)N1CCC(Cc2ccccc2)CC1. The number of hydrogen-bond acceptors (Lipinski definition) is 4. The highest BCUT2D eigenvalue weighted by Crippen LogP contribution is 2.26. The normalized spacial score (nSPS) is 17.9. The fourth-order valence-corrected chi connectivity index (χ4v) is 4.32. The van der Waals surface area contributed by atoms with Crippen LogP contribution in [0.15, 0.2) is 54.6 Å². The van der Waals surface area contributed by atoms with Crippen LogP contribution in [0.2, 0.25) is 0 Å². The van der Waals surface area contributed by atoms with Gasteiger partial charge >= 0.3 is 0 Å². The van der Waals surface area contributed by atoms with E-state index >= 15 is 0 Å². The van der Waals surface area contributed by atoms with Crippen LogP contribution < -0.4 is 10.2 Å². The van der Waals surface area contributed by atoms with E-state index in [1.165, 1.54) is 5.56 Å². The van der Waals surface area contributed by atoms with Crippen molar-refractivity contribution in [2.24, 2.45) is 5.92 Å². The monoisotopic (exact) mass is 393 g/mol. The van der Waals surface area contributed by atoms with Gasteiger partial charge in [0.05, 0.1) is 31.1 Å². The number of anilines is 2. The van der Waals surface area contributed by atoms with Crippen molar-refractivity contribution >= 4 is 17.3 Å². The molecule has 5 nitrogen and oxygen atoms in total. The molecule has 2 heterocycles. The van der Waals surface area contributed by atoms with E-state index in [9.17, 15) is 4.79 Å². The first kappa shape index (κ1) is 19.8. The first-order valence-corrected chi connectivity index (χ1v) is 10.8. The number of benzene rings is 2. The molecule has 2 aromatic carbocycles. The maximum Gasteiger partial charge on any atom is 0.241 e. The summed E-state index contributed by atoms with van der Waals surface area (Å²) in [6.07, 6.45) is 3.30. The summed E-state index contributed by atoms with van der Waals surface area (Å²) in [5.74, 6) is 0.872. The van der Waals surface area contributed by atoms with Crippen LogP contribution in [0.1, 0.15) is 18.4 Å². The van der Waals surface area contributed by atoms with Gasteiger partial charge in [-0.05, 0) is 42.9 Å². The molecule has 2 saturated heterocycles. The number of carbonyl (C=O) groups excluding carboxylic acids is 1. The van der Waals surface area contributed by atoms with Crippen molar-refractivity contribution in [3.63, 3.8) is 0 Å². The summed E-state index contributed by atoms with van der Waals surface area (Å²) in [4.78, 5) is 17.1. The molecule has 0 saturated carbocycles. The van der Waals surface area contributed by atoms with Gasteiger partial charge in [-0.25, -0.2) is 0 Å². The predicted octanol–water partition coefficient (Wildman–Crippen LogP) is 3.42. The number of nitrogens with zero attached hydrogens (tertiary/aromatic N) is 2. The van der Waals surface area contributed by atoms with Gasteiger partial charge in [-0.3, -0.25) is 4.79 Å². The van der Waals surface area contributed by atoms with Crippen LogP contribution in [0.4, 0.5) is 11.4 Å². The Balaban J connectivity index is 1.26. The van der Waals surface area contributed by atoms with Crippen molar-refractivity contribution in [1.82, 2.24) is 4.90 Å². The van der Waals surface area contributed by atoms with Crippen molar-refractivity contribution in [1.29, 1.82) is 0 Å². The molecule has 1 amide bonds. The molecule has 1 N–H and O–H groups in total. The van der Waals surface area contributed by atoms with Crippen LogP contribution in [0.5, 0.6) is 0 Å². The average Bonchev–Trinajstić information content (AvgIpc) is 2.79. The number of morpholine rings is 1. The standard InChI is InChI=1S/C24H31N3O2/c28-24(27-12-10-21(11-13-27)18-20-6-2-1-3-7-20)19-25-22-8-4-5-9-23(22)26-14-16-29-17-15-26/h1-9,21,25H,10-19H2. The lowest BCUT2D eigenvalue weighted by Gasteiger charge is -2.33. The second kappa shape index (κ2) is 9.79. The molecule has 0 bridgehead atoms.